The zero-order chi connectivity index (χ0) is 15.7. The Morgan fingerprint density at radius 3 is 2.52 bits per heavy atom. The van der Waals surface area contributed by atoms with E-state index in [0.29, 0.717) is 22.9 Å². The first-order valence-electron chi connectivity index (χ1n) is 6.42. The number of carbonyl (C=O) groups excluding carboxylic acids is 1. The predicted molar refractivity (Wildman–Crippen MR) is 80.7 cm³/mol. The lowest BCUT2D eigenvalue weighted by Gasteiger charge is -2.06. The molecule has 0 radical (unpaired) electrons. The summed E-state index contributed by atoms with van der Waals surface area (Å²) in [5, 5.41) is 3.08. The van der Waals surface area contributed by atoms with Gasteiger partial charge >= 0.3 is 5.69 Å². The third-order valence-electron chi connectivity index (χ3n) is 3.24. The molecule has 2 rings (SSSR count). The molecule has 2 aromatic heterocycles. The summed E-state index contributed by atoms with van der Waals surface area (Å²) in [6.45, 7) is 2.41. The van der Waals surface area contributed by atoms with E-state index in [2.05, 4.69) is 10.3 Å². The molecule has 0 bridgehead atoms. The molecule has 0 unspecified atom stereocenters. The van der Waals surface area contributed by atoms with Crippen LogP contribution >= 0.6 is 11.8 Å². The van der Waals surface area contributed by atoms with Crippen molar-refractivity contribution in [3.8, 4) is 0 Å². The van der Waals surface area contributed by atoms with Gasteiger partial charge in [0.15, 0.2) is 16.3 Å². The van der Waals surface area contributed by atoms with Gasteiger partial charge in [-0.3, -0.25) is 18.7 Å². The van der Waals surface area contributed by atoms with Crippen LogP contribution in [0, 0.1) is 0 Å². The van der Waals surface area contributed by atoms with E-state index in [1.54, 1.807) is 18.7 Å². The maximum Gasteiger partial charge on any atom is 0.332 e. The molecule has 2 heterocycles. The van der Waals surface area contributed by atoms with Crippen LogP contribution < -0.4 is 16.6 Å². The Hall–Kier alpha value is -2.03. The smallest absolute Gasteiger partial charge is 0.332 e. The zero-order valence-corrected chi connectivity index (χ0v) is 13.2. The van der Waals surface area contributed by atoms with Gasteiger partial charge < -0.3 is 9.88 Å². The van der Waals surface area contributed by atoms with Crippen LogP contribution in [0.25, 0.3) is 11.2 Å². The van der Waals surface area contributed by atoms with Gasteiger partial charge in [0.1, 0.15) is 0 Å². The van der Waals surface area contributed by atoms with Crippen LogP contribution in [0.3, 0.4) is 0 Å². The Kier molecular flexibility index (Phi) is 4.21. The highest BCUT2D eigenvalue weighted by molar-refractivity contribution is 7.99. The van der Waals surface area contributed by atoms with Gasteiger partial charge in [-0.1, -0.05) is 11.8 Å². The van der Waals surface area contributed by atoms with Crippen LogP contribution in [-0.2, 0) is 25.4 Å². The third kappa shape index (κ3) is 2.48. The number of thioether (sulfide) groups is 1. The second kappa shape index (κ2) is 5.76. The van der Waals surface area contributed by atoms with Crippen molar-refractivity contribution in [3.05, 3.63) is 20.8 Å². The molecule has 0 saturated heterocycles. The first-order valence-corrected chi connectivity index (χ1v) is 7.40. The molecule has 9 heteroatoms. The molecular weight excluding hydrogens is 294 g/mol. The number of hydrogen-bond donors (Lipinski definition) is 1. The summed E-state index contributed by atoms with van der Waals surface area (Å²) in [5.41, 5.74) is -0.0868. The van der Waals surface area contributed by atoms with Crippen LogP contribution in [0.1, 0.15) is 6.92 Å². The average Bonchev–Trinajstić information content (AvgIpc) is 2.86. The van der Waals surface area contributed by atoms with E-state index in [-0.39, 0.29) is 17.2 Å². The van der Waals surface area contributed by atoms with E-state index in [1.807, 2.05) is 6.92 Å². The molecule has 2 aromatic rings. The van der Waals surface area contributed by atoms with Crippen molar-refractivity contribution in [1.82, 2.24) is 24.0 Å². The second-order valence-electron chi connectivity index (χ2n) is 4.48. The van der Waals surface area contributed by atoms with Gasteiger partial charge in [0.25, 0.3) is 5.56 Å². The zero-order valence-electron chi connectivity index (χ0n) is 12.3. The molecule has 114 valence electrons. The summed E-state index contributed by atoms with van der Waals surface area (Å²) in [5.74, 6) is 0.0742. The highest BCUT2D eigenvalue weighted by Crippen LogP contribution is 2.21. The number of aromatic nitrogens is 4. The Labute approximate surface area is 124 Å². The van der Waals surface area contributed by atoms with Crippen molar-refractivity contribution < 1.29 is 4.79 Å². The molecule has 0 fully saturated rings. The maximum atomic E-state index is 12.3. The Morgan fingerprint density at radius 1 is 1.29 bits per heavy atom. The van der Waals surface area contributed by atoms with Gasteiger partial charge in [-0.25, -0.2) is 9.78 Å². The predicted octanol–water partition coefficient (Wildman–Crippen LogP) is -0.708. The number of rotatable bonds is 4. The van der Waals surface area contributed by atoms with Gasteiger partial charge in [-0.05, 0) is 6.92 Å². The number of aryl methyl sites for hydroxylation is 2. The largest absolute Gasteiger partial charge is 0.358 e. The standard InChI is InChI=1S/C12H17N5O3S/c1-5-17-8-9(14-11(17)21-6-7(18)13-2)15(3)12(20)16(4)10(8)19/h5-6H2,1-4H3,(H,13,18). The monoisotopic (exact) mass is 311 g/mol. The summed E-state index contributed by atoms with van der Waals surface area (Å²) in [4.78, 5) is 39.9. The molecule has 0 aliphatic heterocycles. The minimum atomic E-state index is -0.420. The van der Waals surface area contributed by atoms with Crippen molar-refractivity contribution in [1.29, 1.82) is 0 Å². The topological polar surface area (TPSA) is 90.9 Å². The number of carbonyl (C=O) groups is 1. The van der Waals surface area contributed by atoms with Crippen LogP contribution in [0.2, 0.25) is 0 Å². The van der Waals surface area contributed by atoms with Crippen molar-refractivity contribution in [2.45, 2.75) is 18.6 Å². The van der Waals surface area contributed by atoms with Crippen molar-refractivity contribution in [2.24, 2.45) is 14.1 Å². The van der Waals surface area contributed by atoms with Crippen molar-refractivity contribution >= 4 is 28.8 Å². The second-order valence-corrected chi connectivity index (χ2v) is 5.42. The van der Waals surface area contributed by atoms with E-state index in [0.717, 1.165) is 4.57 Å². The molecule has 0 saturated carbocycles. The first-order chi connectivity index (χ1) is 9.92. The molecular formula is C12H17N5O3S. The molecule has 1 N–H and O–H groups in total. The van der Waals surface area contributed by atoms with Crippen molar-refractivity contribution in [2.75, 3.05) is 12.8 Å². The molecule has 0 aromatic carbocycles. The van der Waals surface area contributed by atoms with Crippen LogP contribution in [0.5, 0.6) is 0 Å². The van der Waals surface area contributed by atoms with E-state index >= 15 is 0 Å². The normalized spacial score (nSPS) is 11.0. The lowest BCUT2D eigenvalue weighted by Crippen LogP contribution is -2.37. The van der Waals surface area contributed by atoms with E-state index in [1.165, 1.54) is 23.4 Å². The van der Waals surface area contributed by atoms with Gasteiger partial charge in [0.2, 0.25) is 5.91 Å². The Bertz CT molecular complexity index is 817. The number of nitrogens with zero attached hydrogens (tertiary/aromatic N) is 4. The van der Waals surface area contributed by atoms with Gasteiger partial charge in [-0.15, -0.1) is 0 Å². The lowest BCUT2D eigenvalue weighted by molar-refractivity contribution is -0.118. The van der Waals surface area contributed by atoms with Crippen LogP contribution in [0.15, 0.2) is 14.7 Å². The number of hydrogen-bond acceptors (Lipinski definition) is 5. The lowest BCUT2D eigenvalue weighted by atomic mass is 10.5. The molecule has 21 heavy (non-hydrogen) atoms. The number of amides is 1. The fourth-order valence-corrected chi connectivity index (χ4v) is 2.96. The molecule has 1 amide bonds. The summed E-state index contributed by atoms with van der Waals surface area (Å²) in [6, 6.07) is 0. The summed E-state index contributed by atoms with van der Waals surface area (Å²) < 4.78 is 4.13. The number of imidazole rings is 1. The highest BCUT2D eigenvalue weighted by Gasteiger charge is 2.18. The fraction of sp³-hybridized carbons (Fsp3) is 0.500. The molecule has 0 aliphatic rings. The average molecular weight is 311 g/mol. The molecule has 0 aliphatic carbocycles. The Morgan fingerprint density at radius 2 is 1.95 bits per heavy atom. The summed E-state index contributed by atoms with van der Waals surface area (Å²) >= 11 is 1.24. The van der Waals surface area contributed by atoms with Gasteiger partial charge in [0, 0.05) is 27.7 Å². The van der Waals surface area contributed by atoms with Gasteiger partial charge in [0.05, 0.1) is 5.75 Å². The maximum absolute atomic E-state index is 12.3. The Balaban J connectivity index is 2.67. The summed E-state index contributed by atoms with van der Waals surface area (Å²) in [7, 11) is 4.57. The van der Waals surface area contributed by atoms with E-state index < -0.39 is 5.69 Å². The van der Waals surface area contributed by atoms with Crippen molar-refractivity contribution in [3.63, 3.8) is 0 Å². The minimum absolute atomic E-state index is 0.128. The fourth-order valence-electron chi connectivity index (χ4n) is 2.03. The minimum Gasteiger partial charge on any atom is -0.358 e. The molecule has 0 atom stereocenters. The van der Waals surface area contributed by atoms with Crippen LogP contribution in [-0.4, -0.2) is 37.4 Å². The SMILES string of the molecule is CCn1c(SCC(=O)NC)nc2c1c(=O)n(C)c(=O)n2C. The molecule has 0 spiro atoms. The van der Waals surface area contributed by atoms with E-state index in [9.17, 15) is 14.4 Å². The third-order valence-corrected chi connectivity index (χ3v) is 4.22. The first kappa shape index (κ1) is 15.4. The number of fused-ring (bicyclic) bond motifs is 1. The quantitative estimate of drug-likeness (QED) is 0.753. The van der Waals surface area contributed by atoms with E-state index in [4.69, 9.17) is 0 Å². The number of nitrogens with one attached hydrogen (secondary N) is 1. The summed E-state index contributed by atoms with van der Waals surface area (Å²) in [6.07, 6.45) is 0. The molecule has 8 nitrogen and oxygen atoms in total. The van der Waals surface area contributed by atoms with Gasteiger partial charge in [-0.2, -0.15) is 0 Å². The highest BCUT2D eigenvalue weighted by atomic mass is 32.2. The van der Waals surface area contributed by atoms with Crippen LogP contribution in [0.4, 0.5) is 0 Å².